The highest BCUT2D eigenvalue weighted by atomic mass is 14.6. The lowest BCUT2D eigenvalue weighted by Gasteiger charge is -2.18. The molecular weight excluding hydrogens is 182 g/mol. The summed E-state index contributed by atoms with van der Waals surface area (Å²) in [5.74, 6) is 0.756. The van der Waals surface area contributed by atoms with Crippen LogP contribution in [0.2, 0.25) is 0 Å². The Labute approximate surface area is 92.7 Å². The van der Waals surface area contributed by atoms with E-state index in [0.29, 0.717) is 0 Å². The average molecular weight is 203 g/mol. The highest BCUT2D eigenvalue weighted by Crippen LogP contribution is 2.33. The van der Waals surface area contributed by atoms with Crippen LogP contribution in [0.3, 0.4) is 0 Å². The summed E-state index contributed by atoms with van der Waals surface area (Å²) in [6.07, 6.45) is 3.62. The minimum absolute atomic E-state index is 0.248. The first-order valence-electron chi connectivity index (χ1n) is 5.94. The monoisotopic (exact) mass is 203 g/mol. The topological polar surface area (TPSA) is 26.0 Å². The lowest BCUT2D eigenvalue weighted by Crippen LogP contribution is -2.14. The Kier molecular flexibility index (Phi) is 2.83. The molecule has 0 spiro atoms. The van der Waals surface area contributed by atoms with Crippen LogP contribution in [0.5, 0.6) is 0 Å². The van der Waals surface area contributed by atoms with Crippen LogP contribution < -0.4 is 5.73 Å². The van der Waals surface area contributed by atoms with Gasteiger partial charge in [0.1, 0.15) is 0 Å². The number of rotatable bonds is 0. The fraction of sp³-hybridized carbons (Fsp3) is 0.571. The van der Waals surface area contributed by atoms with Crippen molar-refractivity contribution >= 4 is 0 Å². The zero-order chi connectivity index (χ0) is 11.0. The summed E-state index contributed by atoms with van der Waals surface area (Å²) in [5.41, 5.74) is 12.0. The maximum absolute atomic E-state index is 6.31. The first-order chi connectivity index (χ1) is 7.09. The van der Waals surface area contributed by atoms with Crippen LogP contribution in [0.15, 0.2) is 12.1 Å². The second-order valence-electron chi connectivity index (χ2n) is 5.08. The Bertz CT molecular complexity index is 368. The summed E-state index contributed by atoms with van der Waals surface area (Å²) < 4.78 is 0. The van der Waals surface area contributed by atoms with E-state index in [1.807, 2.05) is 0 Å². The Morgan fingerprint density at radius 1 is 1.20 bits per heavy atom. The fourth-order valence-electron chi connectivity index (χ4n) is 2.80. The number of nitrogens with two attached hydrogens (primary N) is 1. The Hall–Kier alpha value is -0.820. The molecule has 15 heavy (non-hydrogen) atoms. The Balaban J connectivity index is 2.52. The van der Waals surface area contributed by atoms with Crippen LogP contribution in [0.4, 0.5) is 0 Å². The molecule has 0 bridgehead atoms. The fourth-order valence-corrected chi connectivity index (χ4v) is 2.80. The van der Waals surface area contributed by atoms with E-state index in [2.05, 4.69) is 32.9 Å². The third kappa shape index (κ3) is 1.93. The van der Waals surface area contributed by atoms with Crippen molar-refractivity contribution in [1.29, 1.82) is 0 Å². The summed E-state index contributed by atoms with van der Waals surface area (Å²) in [4.78, 5) is 0. The number of hydrogen-bond acceptors (Lipinski definition) is 1. The lowest BCUT2D eigenvalue weighted by atomic mass is 9.91. The molecule has 1 heteroatoms. The van der Waals surface area contributed by atoms with Crippen molar-refractivity contribution in [2.24, 2.45) is 11.7 Å². The van der Waals surface area contributed by atoms with Gasteiger partial charge in [-0.25, -0.2) is 0 Å². The molecule has 0 saturated carbocycles. The van der Waals surface area contributed by atoms with Gasteiger partial charge in [0.2, 0.25) is 0 Å². The smallest absolute Gasteiger partial charge is 0.0302 e. The van der Waals surface area contributed by atoms with Crippen LogP contribution in [0.1, 0.15) is 48.1 Å². The minimum Gasteiger partial charge on any atom is -0.324 e. The maximum atomic E-state index is 6.31. The molecule has 2 unspecified atom stereocenters. The molecule has 0 amide bonds. The molecule has 0 aromatic heterocycles. The van der Waals surface area contributed by atoms with Gasteiger partial charge < -0.3 is 5.73 Å². The molecule has 1 aromatic rings. The normalized spacial score (nSPS) is 25.9. The average Bonchev–Trinajstić information content (AvgIpc) is 2.32. The Morgan fingerprint density at radius 2 is 1.87 bits per heavy atom. The van der Waals surface area contributed by atoms with Gasteiger partial charge in [0, 0.05) is 6.04 Å². The summed E-state index contributed by atoms with van der Waals surface area (Å²) in [6.45, 7) is 6.71. The molecule has 82 valence electrons. The van der Waals surface area contributed by atoms with E-state index in [1.54, 1.807) is 0 Å². The largest absolute Gasteiger partial charge is 0.324 e. The predicted molar refractivity (Wildman–Crippen MR) is 64.9 cm³/mol. The zero-order valence-electron chi connectivity index (χ0n) is 10.0. The van der Waals surface area contributed by atoms with E-state index in [0.717, 1.165) is 12.3 Å². The highest BCUT2D eigenvalue weighted by molar-refractivity contribution is 5.42. The molecule has 1 aliphatic carbocycles. The highest BCUT2D eigenvalue weighted by Gasteiger charge is 2.21. The molecule has 0 saturated heterocycles. The van der Waals surface area contributed by atoms with Crippen molar-refractivity contribution < 1.29 is 0 Å². The van der Waals surface area contributed by atoms with E-state index in [4.69, 9.17) is 5.73 Å². The number of benzene rings is 1. The van der Waals surface area contributed by atoms with Gasteiger partial charge in [-0.15, -0.1) is 0 Å². The Morgan fingerprint density at radius 3 is 2.60 bits per heavy atom. The third-order valence-corrected chi connectivity index (χ3v) is 3.72. The molecule has 2 N–H and O–H groups in total. The number of aryl methyl sites for hydroxylation is 2. The standard InChI is InChI=1S/C14H21N/c1-9-4-7-12-10(2)5-6-11(3)14(12)13(15)8-9/h5-6,9,13H,4,7-8,15H2,1-3H3. The first-order valence-corrected chi connectivity index (χ1v) is 5.94. The van der Waals surface area contributed by atoms with Gasteiger partial charge >= 0.3 is 0 Å². The zero-order valence-corrected chi connectivity index (χ0v) is 10.0. The van der Waals surface area contributed by atoms with Gasteiger partial charge in [-0.05, 0) is 61.3 Å². The van der Waals surface area contributed by atoms with Gasteiger partial charge in [0.05, 0.1) is 0 Å². The summed E-state index contributed by atoms with van der Waals surface area (Å²) >= 11 is 0. The second kappa shape index (κ2) is 3.97. The SMILES string of the molecule is Cc1ccc(C)c2c1CCC(C)CC2N. The molecule has 2 rings (SSSR count). The quantitative estimate of drug-likeness (QED) is 0.643. The first kappa shape index (κ1) is 10.7. The van der Waals surface area contributed by atoms with E-state index in [1.165, 1.54) is 35.1 Å². The summed E-state index contributed by atoms with van der Waals surface area (Å²) in [7, 11) is 0. The van der Waals surface area contributed by atoms with Crippen LogP contribution in [0.25, 0.3) is 0 Å². The van der Waals surface area contributed by atoms with Gasteiger partial charge in [-0.1, -0.05) is 19.1 Å². The molecule has 0 aliphatic heterocycles. The van der Waals surface area contributed by atoms with Crippen molar-refractivity contribution in [3.8, 4) is 0 Å². The molecule has 2 atom stereocenters. The van der Waals surface area contributed by atoms with Gasteiger partial charge in [-0.2, -0.15) is 0 Å². The number of hydrogen-bond donors (Lipinski definition) is 1. The van der Waals surface area contributed by atoms with E-state index >= 15 is 0 Å². The molecule has 1 aliphatic rings. The maximum Gasteiger partial charge on any atom is 0.0302 e. The van der Waals surface area contributed by atoms with Crippen LogP contribution in [-0.2, 0) is 6.42 Å². The van der Waals surface area contributed by atoms with Crippen molar-refractivity contribution in [2.45, 2.75) is 46.1 Å². The second-order valence-corrected chi connectivity index (χ2v) is 5.08. The van der Waals surface area contributed by atoms with Crippen molar-refractivity contribution in [1.82, 2.24) is 0 Å². The molecule has 0 heterocycles. The van der Waals surface area contributed by atoms with Crippen LogP contribution in [0, 0.1) is 19.8 Å². The van der Waals surface area contributed by atoms with Crippen LogP contribution in [-0.4, -0.2) is 0 Å². The van der Waals surface area contributed by atoms with Gasteiger partial charge in [0.25, 0.3) is 0 Å². The molecule has 1 nitrogen and oxygen atoms in total. The summed E-state index contributed by atoms with van der Waals surface area (Å²) in [5, 5.41) is 0. The lowest BCUT2D eigenvalue weighted by molar-refractivity contribution is 0.463. The third-order valence-electron chi connectivity index (χ3n) is 3.72. The van der Waals surface area contributed by atoms with E-state index in [-0.39, 0.29) is 6.04 Å². The predicted octanol–water partition coefficient (Wildman–Crippen LogP) is 3.28. The van der Waals surface area contributed by atoms with Gasteiger partial charge in [-0.3, -0.25) is 0 Å². The molecule has 0 radical (unpaired) electrons. The van der Waals surface area contributed by atoms with E-state index in [9.17, 15) is 0 Å². The number of fused-ring (bicyclic) bond motifs is 1. The van der Waals surface area contributed by atoms with Crippen molar-refractivity contribution in [3.05, 3.63) is 34.4 Å². The molecule has 1 aromatic carbocycles. The van der Waals surface area contributed by atoms with Gasteiger partial charge in [0.15, 0.2) is 0 Å². The molecule has 0 fully saturated rings. The van der Waals surface area contributed by atoms with Crippen molar-refractivity contribution in [3.63, 3.8) is 0 Å². The van der Waals surface area contributed by atoms with Crippen LogP contribution >= 0.6 is 0 Å². The minimum atomic E-state index is 0.248. The summed E-state index contributed by atoms with van der Waals surface area (Å²) in [6, 6.07) is 4.69. The molecular formula is C14H21N. The van der Waals surface area contributed by atoms with E-state index < -0.39 is 0 Å². The van der Waals surface area contributed by atoms with Crippen molar-refractivity contribution in [2.75, 3.05) is 0 Å².